The van der Waals surface area contributed by atoms with Gasteiger partial charge in [0, 0.05) is 12.6 Å². The van der Waals surface area contributed by atoms with Crippen LogP contribution < -0.4 is 24.3 Å². The van der Waals surface area contributed by atoms with E-state index in [-0.39, 0.29) is 6.04 Å². The second kappa shape index (κ2) is 8.45. The minimum Gasteiger partial charge on any atom is -0.497 e. The highest BCUT2D eigenvalue weighted by Gasteiger charge is 2.16. The molecule has 130 valence electrons. The van der Waals surface area contributed by atoms with E-state index >= 15 is 0 Å². The fourth-order valence-corrected chi connectivity index (χ4v) is 2.52. The molecule has 2 aromatic carbocycles. The number of nitrogens with one attached hydrogen (secondary N) is 1. The van der Waals surface area contributed by atoms with Gasteiger partial charge in [0.05, 0.1) is 28.4 Å². The molecule has 0 spiro atoms. The van der Waals surface area contributed by atoms with E-state index in [1.165, 1.54) is 0 Å². The van der Waals surface area contributed by atoms with Gasteiger partial charge in [-0.05, 0) is 42.3 Å². The molecule has 0 aliphatic carbocycles. The molecule has 1 N–H and O–H groups in total. The van der Waals surface area contributed by atoms with Gasteiger partial charge in [0.2, 0.25) is 5.75 Å². The molecule has 2 rings (SSSR count). The zero-order valence-electron chi connectivity index (χ0n) is 14.9. The third-order valence-corrected chi connectivity index (χ3v) is 3.93. The number of ether oxygens (including phenoxy) is 4. The van der Waals surface area contributed by atoms with Crippen LogP contribution >= 0.6 is 0 Å². The fraction of sp³-hybridized carbons (Fsp3) is 0.368. The Morgan fingerprint density at radius 1 is 0.875 bits per heavy atom. The lowest BCUT2D eigenvalue weighted by Gasteiger charge is -2.19. The zero-order chi connectivity index (χ0) is 17.5. The monoisotopic (exact) mass is 331 g/mol. The van der Waals surface area contributed by atoms with Crippen LogP contribution in [0.3, 0.4) is 0 Å². The number of methoxy groups -OCH3 is 4. The van der Waals surface area contributed by atoms with Crippen molar-refractivity contribution >= 4 is 0 Å². The summed E-state index contributed by atoms with van der Waals surface area (Å²) >= 11 is 0. The molecule has 1 atom stereocenters. The van der Waals surface area contributed by atoms with E-state index in [4.69, 9.17) is 18.9 Å². The Hall–Kier alpha value is -2.40. The van der Waals surface area contributed by atoms with E-state index in [2.05, 4.69) is 18.3 Å². The van der Waals surface area contributed by atoms with E-state index in [0.29, 0.717) is 17.2 Å². The van der Waals surface area contributed by atoms with Crippen LogP contribution in [0.1, 0.15) is 24.1 Å². The molecule has 0 amide bonds. The lowest BCUT2D eigenvalue weighted by molar-refractivity contribution is 0.323. The second-order valence-corrected chi connectivity index (χ2v) is 5.41. The molecule has 24 heavy (non-hydrogen) atoms. The van der Waals surface area contributed by atoms with E-state index < -0.39 is 0 Å². The van der Waals surface area contributed by atoms with Crippen LogP contribution in [-0.2, 0) is 6.54 Å². The van der Waals surface area contributed by atoms with Crippen molar-refractivity contribution < 1.29 is 18.9 Å². The van der Waals surface area contributed by atoms with E-state index in [1.54, 1.807) is 28.4 Å². The van der Waals surface area contributed by atoms with Crippen LogP contribution in [0.4, 0.5) is 0 Å². The maximum Gasteiger partial charge on any atom is 0.203 e. The molecule has 0 fully saturated rings. The van der Waals surface area contributed by atoms with Crippen molar-refractivity contribution in [2.24, 2.45) is 0 Å². The first kappa shape index (κ1) is 17.9. The quantitative estimate of drug-likeness (QED) is 0.801. The molecule has 5 nitrogen and oxygen atoms in total. The minimum atomic E-state index is 0.116. The number of rotatable bonds is 8. The zero-order valence-corrected chi connectivity index (χ0v) is 14.9. The molecule has 0 aromatic heterocycles. The predicted molar refractivity (Wildman–Crippen MR) is 94.3 cm³/mol. The maximum absolute atomic E-state index is 5.41. The average molecular weight is 331 g/mol. The summed E-state index contributed by atoms with van der Waals surface area (Å²) in [6.45, 7) is 2.83. The molecule has 2 aromatic rings. The molecule has 5 heteroatoms. The van der Waals surface area contributed by atoms with E-state index in [1.807, 2.05) is 30.3 Å². The Labute approximate surface area is 143 Å². The Kier molecular flexibility index (Phi) is 6.32. The second-order valence-electron chi connectivity index (χ2n) is 5.41. The minimum absolute atomic E-state index is 0.116. The Morgan fingerprint density at radius 2 is 1.54 bits per heavy atom. The van der Waals surface area contributed by atoms with Crippen molar-refractivity contribution in [1.29, 1.82) is 0 Å². The number of hydrogen-bond acceptors (Lipinski definition) is 5. The Morgan fingerprint density at radius 3 is 2.08 bits per heavy atom. The summed E-state index contributed by atoms with van der Waals surface area (Å²) in [4.78, 5) is 0. The van der Waals surface area contributed by atoms with Crippen LogP contribution in [0, 0.1) is 0 Å². The lowest BCUT2D eigenvalue weighted by atomic mass is 10.1. The Bertz CT molecular complexity index is 647. The maximum atomic E-state index is 5.41. The summed E-state index contributed by atoms with van der Waals surface area (Å²) in [6, 6.07) is 12.1. The predicted octanol–water partition coefficient (Wildman–Crippen LogP) is 3.57. The van der Waals surface area contributed by atoms with Crippen molar-refractivity contribution in [3.63, 3.8) is 0 Å². The van der Waals surface area contributed by atoms with Gasteiger partial charge in [0.15, 0.2) is 11.5 Å². The third kappa shape index (κ3) is 4.11. The lowest BCUT2D eigenvalue weighted by Crippen LogP contribution is -2.18. The summed E-state index contributed by atoms with van der Waals surface area (Å²) in [7, 11) is 6.51. The van der Waals surface area contributed by atoms with Gasteiger partial charge in [-0.15, -0.1) is 0 Å². The van der Waals surface area contributed by atoms with Gasteiger partial charge in [-0.2, -0.15) is 0 Å². The molecule has 0 bridgehead atoms. The third-order valence-electron chi connectivity index (χ3n) is 3.93. The first-order chi connectivity index (χ1) is 11.6. The standard InChI is InChI=1S/C19H25NO4/c1-13(20-12-14-7-6-8-16(9-14)21-2)15-10-17(22-3)19(24-5)18(11-15)23-4/h6-11,13,20H,12H2,1-5H3. The highest BCUT2D eigenvalue weighted by atomic mass is 16.5. The number of benzene rings is 2. The molecular formula is C19H25NO4. The van der Waals surface area contributed by atoms with E-state index in [0.717, 1.165) is 23.4 Å². The van der Waals surface area contributed by atoms with Gasteiger partial charge in [-0.3, -0.25) is 0 Å². The van der Waals surface area contributed by atoms with Crippen LogP contribution in [0.25, 0.3) is 0 Å². The van der Waals surface area contributed by atoms with Gasteiger partial charge in [-0.25, -0.2) is 0 Å². The molecular weight excluding hydrogens is 306 g/mol. The molecule has 0 aliphatic heterocycles. The summed E-state index contributed by atoms with van der Waals surface area (Å²) < 4.78 is 21.4. The number of hydrogen-bond donors (Lipinski definition) is 1. The molecule has 0 aliphatic rings. The smallest absolute Gasteiger partial charge is 0.203 e. The van der Waals surface area contributed by atoms with Crippen molar-refractivity contribution in [2.45, 2.75) is 19.5 Å². The first-order valence-electron chi connectivity index (χ1n) is 7.79. The van der Waals surface area contributed by atoms with Crippen molar-refractivity contribution in [1.82, 2.24) is 5.32 Å². The first-order valence-corrected chi connectivity index (χ1v) is 7.79. The average Bonchev–Trinajstić information content (AvgIpc) is 2.64. The molecule has 0 saturated carbocycles. The van der Waals surface area contributed by atoms with Gasteiger partial charge in [0.25, 0.3) is 0 Å². The van der Waals surface area contributed by atoms with Crippen molar-refractivity contribution in [3.05, 3.63) is 47.5 Å². The van der Waals surface area contributed by atoms with Crippen LogP contribution in [0.5, 0.6) is 23.0 Å². The largest absolute Gasteiger partial charge is 0.497 e. The summed E-state index contributed by atoms with van der Waals surface area (Å²) in [6.07, 6.45) is 0. The molecule has 0 saturated heterocycles. The highest BCUT2D eigenvalue weighted by molar-refractivity contribution is 5.54. The van der Waals surface area contributed by atoms with Gasteiger partial charge in [0.1, 0.15) is 5.75 Å². The molecule has 0 radical (unpaired) electrons. The summed E-state index contributed by atoms with van der Waals surface area (Å²) in [5.41, 5.74) is 2.22. The van der Waals surface area contributed by atoms with Crippen molar-refractivity contribution in [3.8, 4) is 23.0 Å². The topological polar surface area (TPSA) is 49.0 Å². The molecule has 0 heterocycles. The normalized spacial score (nSPS) is 11.7. The van der Waals surface area contributed by atoms with Gasteiger partial charge in [-0.1, -0.05) is 12.1 Å². The van der Waals surface area contributed by atoms with Crippen LogP contribution in [-0.4, -0.2) is 28.4 Å². The highest BCUT2D eigenvalue weighted by Crippen LogP contribution is 2.39. The summed E-state index contributed by atoms with van der Waals surface area (Å²) in [5.74, 6) is 2.77. The Balaban J connectivity index is 2.15. The fourth-order valence-electron chi connectivity index (χ4n) is 2.52. The van der Waals surface area contributed by atoms with Gasteiger partial charge >= 0.3 is 0 Å². The van der Waals surface area contributed by atoms with Crippen LogP contribution in [0.15, 0.2) is 36.4 Å². The molecule has 1 unspecified atom stereocenters. The summed E-state index contributed by atoms with van der Waals surface area (Å²) in [5, 5.41) is 3.50. The van der Waals surface area contributed by atoms with Crippen LogP contribution in [0.2, 0.25) is 0 Å². The van der Waals surface area contributed by atoms with Crippen molar-refractivity contribution in [2.75, 3.05) is 28.4 Å². The van der Waals surface area contributed by atoms with E-state index in [9.17, 15) is 0 Å². The SMILES string of the molecule is COc1cccc(CNC(C)c2cc(OC)c(OC)c(OC)c2)c1. The van der Waals surface area contributed by atoms with Gasteiger partial charge < -0.3 is 24.3 Å².